The summed E-state index contributed by atoms with van der Waals surface area (Å²) >= 11 is 0. The van der Waals surface area contributed by atoms with E-state index in [1.54, 1.807) is 12.1 Å². The van der Waals surface area contributed by atoms with Crippen molar-refractivity contribution in [2.75, 3.05) is 0 Å². The molecule has 22 heavy (non-hydrogen) atoms. The molecule has 0 amide bonds. The van der Waals surface area contributed by atoms with Crippen LogP contribution in [0.4, 0.5) is 4.79 Å². The van der Waals surface area contributed by atoms with Gasteiger partial charge in [0.05, 0.1) is 4.90 Å². The van der Waals surface area contributed by atoms with Crippen molar-refractivity contribution in [3.63, 3.8) is 0 Å². The molecular weight excluding hydrogens is 319 g/mol. The number of rotatable bonds is 4. The molecule has 0 aliphatic heterocycles. The molecule has 2 aromatic rings. The van der Waals surface area contributed by atoms with Crippen LogP contribution in [0.25, 0.3) is 0 Å². The van der Waals surface area contributed by atoms with Crippen LogP contribution in [-0.2, 0) is 21.5 Å². The summed E-state index contributed by atoms with van der Waals surface area (Å²) in [6.07, 6.45) is -0.904. The van der Waals surface area contributed by atoms with Crippen molar-refractivity contribution in [2.45, 2.75) is 11.5 Å². The second-order valence-corrected chi connectivity index (χ2v) is 5.49. The van der Waals surface area contributed by atoms with Gasteiger partial charge in [-0.15, -0.1) is 0 Å². The first kappa shape index (κ1) is 18.7. The first-order chi connectivity index (χ1) is 9.95. The summed E-state index contributed by atoms with van der Waals surface area (Å²) in [5.41, 5.74) is 0.816. The van der Waals surface area contributed by atoms with Gasteiger partial charge in [-0.3, -0.25) is 4.55 Å². The standard InChI is InChI=1S/C14H12O6S.Na.H/c15-14(19-10-11-4-2-1-3-5-11)20-12-6-8-13(9-7-12)21(16,17)18;;/h1-9H,10H2,(H,16,17,18);;/q;+1;-1. The second kappa shape index (κ2) is 8.30. The average molecular weight is 332 g/mol. The molecule has 0 spiro atoms. The van der Waals surface area contributed by atoms with E-state index < -0.39 is 16.3 Å². The molecule has 0 fully saturated rings. The zero-order valence-electron chi connectivity index (χ0n) is 12.8. The molecule has 0 unspecified atom stereocenters. The smallest absolute Gasteiger partial charge is 1.00 e. The van der Waals surface area contributed by atoms with Crippen LogP contribution in [0.5, 0.6) is 5.75 Å². The van der Waals surface area contributed by atoms with Gasteiger partial charge in [-0.2, -0.15) is 8.42 Å². The van der Waals surface area contributed by atoms with E-state index in [-0.39, 0.29) is 48.2 Å². The van der Waals surface area contributed by atoms with Crippen molar-refractivity contribution in [3.05, 3.63) is 60.2 Å². The second-order valence-electron chi connectivity index (χ2n) is 4.07. The molecule has 8 heteroatoms. The third-order valence-corrected chi connectivity index (χ3v) is 3.39. The summed E-state index contributed by atoms with van der Waals surface area (Å²) in [7, 11) is -4.27. The van der Waals surface area contributed by atoms with Crippen molar-refractivity contribution in [1.82, 2.24) is 0 Å². The largest absolute Gasteiger partial charge is 1.00 e. The van der Waals surface area contributed by atoms with Gasteiger partial charge in [0.15, 0.2) is 0 Å². The van der Waals surface area contributed by atoms with Gasteiger partial charge in [-0.05, 0) is 29.8 Å². The van der Waals surface area contributed by atoms with Crippen LogP contribution in [0.15, 0.2) is 59.5 Å². The van der Waals surface area contributed by atoms with Gasteiger partial charge in [-0.1, -0.05) is 30.3 Å². The maximum atomic E-state index is 11.5. The maximum absolute atomic E-state index is 11.5. The first-order valence-electron chi connectivity index (χ1n) is 5.91. The van der Waals surface area contributed by atoms with Crippen LogP contribution in [0, 0.1) is 0 Å². The molecule has 112 valence electrons. The number of carbonyl (C=O) groups is 1. The fourth-order valence-electron chi connectivity index (χ4n) is 1.52. The molecule has 2 rings (SSSR count). The predicted octanol–water partition coefficient (Wildman–Crippen LogP) is -0.235. The summed E-state index contributed by atoms with van der Waals surface area (Å²) in [5, 5.41) is 0. The Labute approximate surface area is 151 Å². The normalized spacial score (nSPS) is 10.4. The third kappa shape index (κ3) is 5.78. The first-order valence-corrected chi connectivity index (χ1v) is 7.35. The van der Waals surface area contributed by atoms with E-state index in [1.807, 2.05) is 18.2 Å². The molecule has 0 saturated heterocycles. The van der Waals surface area contributed by atoms with Gasteiger partial charge in [-0.25, -0.2) is 4.79 Å². The summed E-state index contributed by atoms with van der Waals surface area (Å²) in [5.74, 6) is 0.112. The molecule has 0 aromatic heterocycles. The minimum atomic E-state index is -4.27. The number of benzene rings is 2. The molecule has 0 heterocycles. The minimum Gasteiger partial charge on any atom is -1.00 e. The molecule has 6 nitrogen and oxygen atoms in total. The monoisotopic (exact) mass is 332 g/mol. The molecule has 0 atom stereocenters. The van der Waals surface area contributed by atoms with Crippen LogP contribution in [-0.4, -0.2) is 19.1 Å². The maximum Gasteiger partial charge on any atom is 1.00 e. The van der Waals surface area contributed by atoms with Crippen LogP contribution in [0.1, 0.15) is 6.99 Å². The van der Waals surface area contributed by atoms with Gasteiger partial charge in [0.25, 0.3) is 10.1 Å². The fourth-order valence-corrected chi connectivity index (χ4v) is 2.00. The van der Waals surface area contributed by atoms with E-state index in [2.05, 4.69) is 0 Å². The molecule has 2 aromatic carbocycles. The predicted molar refractivity (Wildman–Crippen MR) is 74.6 cm³/mol. The number of hydrogen-bond donors (Lipinski definition) is 1. The molecular formula is C14H13NaO6S. The summed E-state index contributed by atoms with van der Waals surface area (Å²) in [6.45, 7) is 0.0722. The van der Waals surface area contributed by atoms with E-state index in [9.17, 15) is 13.2 Å². The van der Waals surface area contributed by atoms with E-state index in [4.69, 9.17) is 14.0 Å². The molecule has 0 saturated carbocycles. The van der Waals surface area contributed by atoms with Gasteiger partial charge in [0.1, 0.15) is 12.4 Å². The van der Waals surface area contributed by atoms with Crippen LogP contribution in [0.3, 0.4) is 0 Å². The van der Waals surface area contributed by atoms with Crippen molar-refractivity contribution in [2.24, 2.45) is 0 Å². The SMILES string of the molecule is O=C(OCc1ccccc1)Oc1ccc(S(=O)(=O)O)cc1.[H-].[Na+]. The van der Waals surface area contributed by atoms with E-state index in [1.165, 1.54) is 12.1 Å². The molecule has 0 aliphatic carbocycles. The van der Waals surface area contributed by atoms with Crippen molar-refractivity contribution in [1.29, 1.82) is 0 Å². The third-order valence-electron chi connectivity index (χ3n) is 2.52. The Morgan fingerprint density at radius 2 is 1.64 bits per heavy atom. The summed E-state index contributed by atoms with van der Waals surface area (Å²) in [4.78, 5) is 11.2. The summed E-state index contributed by atoms with van der Waals surface area (Å²) in [6, 6.07) is 13.8. The Bertz CT molecular complexity index is 719. The summed E-state index contributed by atoms with van der Waals surface area (Å²) < 4.78 is 40.3. The molecule has 0 aliphatic rings. The Hall–Kier alpha value is -1.38. The number of ether oxygens (including phenoxy) is 2. The number of carbonyl (C=O) groups excluding carboxylic acids is 1. The Kier molecular flexibility index (Phi) is 7.05. The van der Waals surface area contributed by atoms with Crippen molar-refractivity contribution < 1.29 is 58.2 Å². The minimum absolute atomic E-state index is 0. The van der Waals surface area contributed by atoms with Crippen molar-refractivity contribution >= 4 is 16.3 Å². The van der Waals surface area contributed by atoms with E-state index >= 15 is 0 Å². The molecule has 0 bridgehead atoms. The van der Waals surface area contributed by atoms with E-state index in [0.717, 1.165) is 17.7 Å². The van der Waals surface area contributed by atoms with Crippen LogP contribution < -0.4 is 34.3 Å². The van der Waals surface area contributed by atoms with E-state index in [0.29, 0.717) is 0 Å². The van der Waals surface area contributed by atoms with Gasteiger partial charge in [0.2, 0.25) is 0 Å². The average Bonchev–Trinajstić information content (AvgIpc) is 2.46. The fraction of sp³-hybridized carbons (Fsp3) is 0.0714. The number of hydrogen-bond acceptors (Lipinski definition) is 5. The van der Waals surface area contributed by atoms with Gasteiger partial charge < -0.3 is 10.9 Å². The van der Waals surface area contributed by atoms with Crippen LogP contribution >= 0.6 is 0 Å². The Morgan fingerprint density at radius 1 is 1.05 bits per heavy atom. The zero-order valence-corrected chi connectivity index (χ0v) is 14.6. The quantitative estimate of drug-likeness (QED) is 0.360. The van der Waals surface area contributed by atoms with Crippen molar-refractivity contribution in [3.8, 4) is 5.75 Å². The van der Waals surface area contributed by atoms with Gasteiger partial charge >= 0.3 is 35.7 Å². The zero-order chi connectivity index (χ0) is 15.3. The Balaban J connectivity index is 0.00000242. The van der Waals surface area contributed by atoms with Gasteiger partial charge in [0, 0.05) is 0 Å². The Morgan fingerprint density at radius 3 is 2.18 bits per heavy atom. The van der Waals surface area contributed by atoms with Crippen LogP contribution in [0.2, 0.25) is 0 Å². The topological polar surface area (TPSA) is 89.9 Å². The molecule has 1 N–H and O–H groups in total. The molecule has 0 radical (unpaired) electrons.